The van der Waals surface area contributed by atoms with E-state index in [0.717, 1.165) is 0 Å². The quantitative estimate of drug-likeness (QED) is 0.380. The van der Waals surface area contributed by atoms with Crippen molar-refractivity contribution in [1.82, 2.24) is 4.31 Å². The number of rotatable bonds is 7. The van der Waals surface area contributed by atoms with Crippen LogP contribution in [0.15, 0.2) is 82.4 Å². The molecule has 3 aromatic rings. The van der Waals surface area contributed by atoms with Crippen molar-refractivity contribution in [3.8, 4) is 0 Å². The van der Waals surface area contributed by atoms with Crippen molar-refractivity contribution in [1.29, 1.82) is 0 Å². The minimum absolute atomic E-state index is 0.239. The average Bonchev–Trinajstić information content (AvgIpc) is 3.39. The molecule has 32 heavy (non-hydrogen) atoms. The van der Waals surface area contributed by atoms with Crippen molar-refractivity contribution in [3.05, 3.63) is 89.3 Å². The highest BCUT2D eigenvalue weighted by Crippen LogP contribution is 2.29. The second-order valence-electron chi connectivity index (χ2n) is 7.57. The summed E-state index contributed by atoms with van der Waals surface area (Å²) in [4.78, 5) is 26.1. The molecule has 0 aliphatic carbocycles. The van der Waals surface area contributed by atoms with Crippen LogP contribution in [-0.2, 0) is 19.6 Å². The highest BCUT2D eigenvalue weighted by Gasteiger charge is 2.35. The van der Waals surface area contributed by atoms with E-state index in [1.54, 1.807) is 66.0 Å². The lowest BCUT2D eigenvalue weighted by Crippen LogP contribution is -2.40. The molecule has 1 aliphatic rings. The zero-order valence-electron chi connectivity index (χ0n) is 17.3. The largest absolute Gasteiger partial charge is 0.449 e. The maximum Gasteiger partial charge on any atom is 0.310 e. The van der Waals surface area contributed by atoms with Crippen LogP contribution in [0, 0.1) is 5.92 Å². The van der Waals surface area contributed by atoms with Crippen LogP contribution in [0.2, 0.25) is 0 Å². The number of sulfonamides is 1. The summed E-state index contributed by atoms with van der Waals surface area (Å²) >= 11 is 1.18. The second kappa shape index (κ2) is 9.77. The van der Waals surface area contributed by atoms with Gasteiger partial charge in [0.1, 0.15) is 4.21 Å². The van der Waals surface area contributed by atoms with Gasteiger partial charge in [-0.25, -0.2) is 8.42 Å². The molecule has 0 N–H and O–H groups in total. The summed E-state index contributed by atoms with van der Waals surface area (Å²) in [6.07, 6.45) is -0.339. The Morgan fingerprint density at radius 1 is 0.906 bits per heavy atom. The Morgan fingerprint density at radius 3 is 2.12 bits per heavy atom. The lowest BCUT2D eigenvalue weighted by atomic mass is 9.97. The molecule has 166 valence electrons. The average molecular weight is 470 g/mol. The number of carbonyl (C=O) groups excluding carboxylic acids is 2. The number of benzene rings is 2. The van der Waals surface area contributed by atoms with Gasteiger partial charge in [-0.2, -0.15) is 4.31 Å². The van der Waals surface area contributed by atoms with Gasteiger partial charge in [0.2, 0.25) is 5.78 Å². The first-order valence-corrected chi connectivity index (χ1v) is 12.7. The molecular weight excluding hydrogens is 446 g/mol. The summed E-state index contributed by atoms with van der Waals surface area (Å²) in [6.45, 7) is 0.477. The Hall–Kier alpha value is -2.81. The minimum Gasteiger partial charge on any atom is -0.449 e. The summed E-state index contributed by atoms with van der Waals surface area (Å²) in [6, 6.07) is 21.0. The number of ether oxygens (including phenoxy) is 1. The smallest absolute Gasteiger partial charge is 0.310 e. The summed E-state index contributed by atoms with van der Waals surface area (Å²) < 4.78 is 32.9. The molecule has 4 rings (SSSR count). The number of hydrogen-bond acceptors (Lipinski definition) is 6. The van der Waals surface area contributed by atoms with Crippen molar-refractivity contribution in [2.24, 2.45) is 5.92 Å². The Bertz CT molecular complexity index is 1150. The molecule has 2 aromatic carbocycles. The molecule has 0 saturated carbocycles. The maximum absolute atomic E-state index is 13.1. The van der Waals surface area contributed by atoms with E-state index in [9.17, 15) is 18.0 Å². The predicted octanol–water partition coefficient (Wildman–Crippen LogP) is 4.32. The number of carbonyl (C=O) groups is 2. The number of nitrogens with zero attached hydrogens (tertiary/aromatic N) is 1. The van der Waals surface area contributed by atoms with Crippen LogP contribution in [0.5, 0.6) is 0 Å². The van der Waals surface area contributed by atoms with Crippen molar-refractivity contribution < 1.29 is 22.7 Å². The van der Waals surface area contributed by atoms with Crippen LogP contribution in [0.4, 0.5) is 0 Å². The normalized spacial score (nSPS) is 16.4. The van der Waals surface area contributed by atoms with E-state index in [1.165, 1.54) is 15.6 Å². The zero-order valence-corrected chi connectivity index (χ0v) is 18.9. The molecule has 1 aromatic heterocycles. The van der Waals surface area contributed by atoms with Crippen LogP contribution in [0.3, 0.4) is 0 Å². The summed E-state index contributed by atoms with van der Waals surface area (Å²) in [7, 11) is -3.54. The Labute approximate surface area is 191 Å². The monoisotopic (exact) mass is 469 g/mol. The van der Waals surface area contributed by atoms with Gasteiger partial charge in [0.25, 0.3) is 10.0 Å². The molecule has 2 heterocycles. The Morgan fingerprint density at radius 2 is 1.53 bits per heavy atom. The lowest BCUT2D eigenvalue weighted by molar-refractivity contribution is -0.153. The third kappa shape index (κ3) is 4.82. The lowest BCUT2D eigenvalue weighted by Gasteiger charge is -2.30. The molecule has 1 fully saturated rings. The number of piperidine rings is 1. The molecule has 1 aliphatic heterocycles. The summed E-state index contributed by atoms with van der Waals surface area (Å²) in [5.74, 6) is -1.22. The first-order chi connectivity index (χ1) is 15.5. The molecule has 0 radical (unpaired) electrons. The van der Waals surface area contributed by atoms with E-state index >= 15 is 0 Å². The highest BCUT2D eigenvalue weighted by molar-refractivity contribution is 7.91. The van der Waals surface area contributed by atoms with Crippen molar-refractivity contribution in [2.75, 3.05) is 13.1 Å². The van der Waals surface area contributed by atoms with Gasteiger partial charge >= 0.3 is 5.97 Å². The van der Waals surface area contributed by atoms with Gasteiger partial charge in [-0.1, -0.05) is 66.7 Å². The van der Waals surface area contributed by atoms with Crippen molar-refractivity contribution in [3.63, 3.8) is 0 Å². The number of ketones is 1. The van der Waals surface area contributed by atoms with E-state index < -0.39 is 28.0 Å². The fourth-order valence-corrected chi connectivity index (χ4v) is 6.35. The number of Topliss-reactive ketones (excluding diaryl/α,β-unsaturated/α-hetero) is 1. The van der Waals surface area contributed by atoms with Crippen LogP contribution in [-0.4, -0.2) is 37.6 Å². The molecule has 1 saturated heterocycles. The molecule has 6 nitrogen and oxygen atoms in total. The van der Waals surface area contributed by atoms with Gasteiger partial charge in [0.15, 0.2) is 6.10 Å². The molecule has 8 heteroatoms. The minimum atomic E-state index is -3.54. The Balaban J connectivity index is 1.46. The van der Waals surface area contributed by atoms with E-state index in [-0.39, 0.29) is 18.9 Å². The first-order valence-electron chi connectivity index (χ1n) is 10.3. The summed E-state index contributed by atoms with van der Waals surface area (Å²) in [5.41, 5.74) is 1.07. The third-order valence-corrected chi connectivity index (χ3v) is 8.78. The highest BCUT2D eigenvalue weighted by atomic mass is 32.2. The van der Waals surface area contributed by atoms with Crippen LogP contribution in [0.25, 0.3) is 0 Å². The van der Waals surface area contributed by atoms with Crippen molar-refractivity contribution >= 4 is 33.1 Å². The van der Waals surface area contributed by atoms with Gasteiger partial charge in [0.05, 0.1) is 5.92 Å². The maximum atomic E-state index is 13.1. The molecule has 0 spiro atoms. The zero-order chi connectivity index (χ0) is 22.6. The van der Waals surface area contributed by atoms with Gasteiger partial charge in [-0.05, 0) is 24.3 Å². The SMILES string of the molecule is O=C(OC(C(=O)c1ccccc1)c1ccccc1)C1CCN(S(=O)(=O)c2cccs2)CC1. The van der Waals surface area contributed by atoms with Crippen LogP contribution >= 0.6 is 11.3 Å². The topological polar surface area (TPSA) is 80.8 Å². The van der Waals surface area contributed by atoms with E-state index in [0.29, 0.717) is 28.2 Å². The fourth-order valence-electron chi connectivity index (χ4n) is 3.74. The molecule has 0 bridgehead atoms. The number of hydrogen-bond donors (Lipinski definition) is 0. The number of esters is 1. The molecule has 1 atom stereocenters. The van der Waals surface area contributed by atoms with Gasteiger partial charge < -0.3 is 4.74 Å². The Kier molecular flexibility index (Phi) is 6.83. The first kappa shape index (κ1) is 22.4. The van der Waals surface area contributed by atoms with Gasteiger partial charge in [-0.15, -0.1) is 11.3 Å². The molecule has 0 amide bonds. The van der Waals surface area contributed by atoms with Crippen LogP contribution in [0.1, 0.15) is 34.9 Å². The third-order valence-electron chi connectivity index (χ3n) is 5.51. The fraction of sp³-hybridized carbons (Fsp3) is 0.250. The van der Waals surface area contributed by atoms with Gasteiger partial charge in [-0.3, -0.25) is 9.59 Å². The molecular formula is C24H23NO5S2. The predicted molar refractivity (Wildman–Crippen MR) is 122 cm³/mol. The van der Waals surface area contributed by atoms with E-state index in [1.807, 2.05) is 12.1 Å². The second-order valence-corrected chi connectivity index (χ2v) is 10.7. The van der Waals surface area contributed by atoms with Gasteiger partial charge in [0, 0.05) is 24.2 Å². The van der Waals surface area contributed by atoms with Crippen molar-refractivity contribution in [2.45, 2.75) is 23.2 Å². The standard InChI is InChI=1S/C24H23NO5S2/c26-22(18-8-3-1-4-9-18)23(19-10-5-2-6-11-19)30-24(27)20-13-15-25(16-14-20)32(28,29)21-12-7-17-31-21/h1-12,17,20,23H,13-16H2. The summed E-state index contributed by atoms with van der Waals surface area (Å²) in [5, 5.41) is 1.73. The van der Waals surface area contributed by atoms with Crippen LogP contribution < -0.4 is 0 Å². The molecule has 1 unspecified atom stereocenters. The number of thiophene rings is 1. The van der Waals surface area contributed by atoms with E-state index in [2.05, 4.69) is 0 Å². The van der Waals surface area contributed by atoms with E-state index in [4.69, 9.17) is 4.74 Å².